The number of aryl methyl sites for hydroxylation is 2. The van der Waals surface area contributed by atoms with E-state index in [1.807, 2.05) is 6.07 Å². The molecule has 0 amide bonds. The van der Waals surface area contributed by atoms with E-state index in [4.69, 9.17) is 10.3 Å². The highest BCUT2D eigenvalue weighted by molar-refractivity contribution is 7.10. The Kier molecular flexibility index (Phi) is 3.14. The Hall–Kier alpha value is -1.62. The minimum atomic E-state index is -0.0994. The van der Waals surface area contributed by atoms with Crippen LogP contribution in [-0.4, -0.2) is 0 Å². The van der Waals surface area contributed by atoms with Crippen LogP contribution in [0.5, 0.6) is 0 Å². The Morgan fingerprint density at radius 1 is 1.21 bits per heavy atom. The summed E-state index contributed by atoms with van der Waals surface area (Å²) in [5.74, 6) is 6.54. The van der Waals surface area contributed by atoms with Crippen LogP contribution in [-0.2, 0) is 0 Å². The Labute approximate surface area is 116 Å². The number of benzene rings is 1. The van der Waals surface area contributed by atoms with Crippen LogP contribution in [0.1, 0.15) is 27.8 Å². The first-order valence-electron chi connectivity index (χ1n) is 6.18. The molecule has 2 aromatic heterocycles. The lowest BCUT2D eigenvalue weighted by Gasteiger charge is -2.11. The Morgan fingerprint density at radius 2 is 2.05 bits per heavy atom. The summed E-state index contributed by atoms with van der Waals surface area (Å²) in [6.45, 7) is 4.16. The topological polar surface area (TPSA) is 51.2 Å². The number of hydrazine groups is 1. The fourth-order valence-corrected chi connectivity index (χ4v) is 3.01. The van der Waals surface area contributed by atoms with Gasteiger partial charge < -0.3 is 4.42 Å². The molecule has 0 aliphatic carbocycles. The molecule has 0 aliphatic heterocycles. The zero-order valence-electron chi connectivity index (χ0n) is 10.9. The van der Waals surface area contributed by atoms with Crippen molar-refractivity contribution < 1.29 is 4.42 Å². The summed E-state index contributed by atoms with van der Waals surface area (Å²) >= 11 is 1.71. The number of hydrogen-bond acceptors (Lipinski definition) is 4. The molecular weight excluding hydrogens is 256 g/mol. The molecule has 0 radical (unpaired) electrons. The molecule has 2 heterocycles. The van der Waals surface area contributed by atoms with Crippen molar-refractivity contribution in [3.63, 3.8) is 0 Å². The first-order valence-corrected chi connectivity index (χ1v) is 7.06. The summed E-state index contributed by atoms with van der Waals surface area (Å²) in [5, 5.41) is 3.22. The zero-order chi connectivity index (χ0) is 13.4. The predicted octanol–water partition coefficient (Wildman–Crippen LogP) is 3.66. The third-order valence-corrected chi connectivity index (χ3v) is 4.11. The molecule has 19 heavy (non-hydrogen) atoms. The van der Waals surface area contributed by atoms with Crippen molar-refractivity contribution in [2.75, 3.05) is 0 Å². The van der Waals surface area contributed by atoms with Crippen molar-refractivity contribution >= 4 is 22.3 Å². The molecule has 1 unspecified atom stereocenters. The van der Waals surface area contributed by atoms with Crippen LogP contribution in [0, 0.1) is 13.8 Å². The number of rotatable bonds is 3. The number of fused-ring (bicyclic) bond motifs is 1. The first-order chi connectivity index (χ1) is 9.17. The van der Waals surface area contributed by atoms with Crippen LogP contribution in [0.3, 0.4) is 0 Å². The fraction of sp³-hybridized carbons (Fsp3) is 0.200. The lowest BCUT2D eigenvalue weighted by molar-refractivity contribution is 0.478. The Balaban J connectivity index is 2.06. The van der Waals surface area contributed by atoms with Gasteiger partial charge in [0, 0.05) is 10.3 Å². The molecule has 3 aromatic rings. The van der Waals surface area contributed by atoms with E-state index >= 15 is 0 Å². The highest BCUT2D eigenvalue weighted by Crippen LogP contribution is 2.30. The van der Waals surface area contributed by atoms with E-state index in [1.165, 1.54) is 10.4 Å². The van der Waals surface area contributed by atoms with Crippen LogP contribution in [0.2, 0.25) is 0 Å². The molecule has 3 nitrogen and oxygen atoms in total. The van der Waals surface area contributed by atoms with E-state index in [-0.39, 0.29) is 6.04 Å². The van der Waals surface area contributed by atoms with Crippen LogP contribution < -0.4 is 11.3 Å². The van der Waals surface area contributed by atoms with Crippen molar-refractivity contribution in [3.8, 4) is 0 Å². The summed E-state index contributed by atoms with van der Waals surface area (Å²) in [4.78, 5) is 1.27. The molecule has 1 atom stereocenters. The summed E-state index contributed by atoms with van der Waals surface area (Å²) in [6.07, 6.45) is 0. The third kappa shape index (κ3) is 2.30. The van der Waals surface area contributed by atoms with Gasteiger partial charge in [-0.05, 0) is 49.1 Å². The maximum atomic E-state index is 5.90. The number of thiophene rings is 1. The number of hydrogen-bond donors (Lipinski definition) is 2. The second-order valence-electron chi connectivity index (χ2n) is 4.78. The van der Waals surface area contributed by atoms with Crippen LogP contribution >= 0.6 is 11.3 Å². The first kappa shape index (κ1) is 12.4. The molecule has 0 saturated heterocycles. The second kappa shape index (κ2) is 4.81. The molecule has 98 valence electrons. The third-order valence-electron chi connectivity index (χ3n) is 3.23. The Morgan fingerprint density at radius 3 is 2.74 bits per heavy atom. The van der Waals surface area contributed by atoms with Crippen molar-refractivity contribution in [1.29, 1.82) is 0 Å². The quantitative estimate of drug-likeness (QED) is 0.565. The van der Waals surface area contributed by atoms with Gasteiger partial charge in [0.2, 0.25) is 0 Å². The zero-order valence-corrected chi connectivity index (χ0v) is 11.8. The van der Waals surface area contributed by atoms with E-state index < -0.39 is 0 Å². The van der Waals surface area contributed by atoms with Crippen molar-refractivity contribution in [3.05, 3.63) is 57.5 Å². The normalized spacial score (nSPS) is 13.0. The van der Waals surface area contributed by atoms with Gasteiger partial charge in [-0.15, -0.1) is 11.3 Å². The predicted molar refractivity (Wildman–Crippen MR) is 79.2 cm³/mol. The van der Waals surface area contributed by atoms with E-state index in [0.29, 0.717) is 0 Å². The fourth-order valence-electron chi connectivity index (χ4n) is 2.28. The lowest BCUT2D eigenvalue weighted by Crippen LogP contribution is -2.28. The Bertz CT molecular complexity index is 714. The van der Waals surface area contributed by atoms with Crippen LogP contribution in [0.4, 0.5) is 0 Å². The number of furan rings is 1. The van der Waals surface area contributed by atoms with Gasteiger partial charge in [-0.3, -0.25) is 5.84 Å². The molecule has 0 bridgehead atoms. The van der Waals surface area contributed by atoms with Crippen molar-refractivity contribution in [2.45, 2.75) is 19.9 Å². The van der Waals surface area contributed by atoms with Gasteiger partial charge in [0.05, 0.1) is 0 Å². The molecule has 0 spiro atoms. The van der Waals surface area contributed by atoms with Crippen molar-refractivity contribution in [2.24, 2.45) is 5.84 Å². The standard InChI is InChI=1S/C15H16N2OS/c1-9-3-4-13-11(5-9)7-14(18-13)15(17-16)12-6-10(2)19-8-12/h3-8,15,17H,16H2,1-2H3. The largest absolute Gasteiger partial charge is 0.459 e. The molecule has 0 aliphatic rings. The minimum absolute atomic E-state index is 0.0994. The average Bonchev–Trinajstić information content (AvgIpc) is 2.96. The molecule has 3 rings (SSSR count). The van der Waals surface area contributed by atoms with Gasteiger partial charge in [0.25, 0.3) is 0 Å². The molecule has 1 aromatic carbocycles. The SMILES string of the molecule is Cc1ccc2oc(C(NN)c3csc(C)c3)cc2c1. The molecule has 3 N–H and O–H groups in total. The van der Waals surface area contributed by atoms with E-state index in [9.17, 15) is 0 Å². The van der Waals surface area contributed by atoms with Gasteiger partial charge in [0.15, 0.2) is 0 Å². The van der Waals surface area contributed by atoms with Gasteiger partial charge >= 0.3 is 0 Å². The summed E-state index contributed by atoms with van der Waals surface area (Å²) < 4.78 is 5.90. The highest BCUT2D eigenvalue weighted by atomic mass is 32.1. The maximum Gasteiger partial charge on any atom is 0.134 e. The van der Waals surface area contributed by atoms with Crippen molar-refractivity contribution in [1.82, 2.24) is 5.43 Å². The molecule has 4 heteroatoms. The number of nitrogens with one attached hydrogen (secondary N) is 1. The van der Waals surface area contributed by atoms with Crippen LogP contribution in [0.15, 0.2) is 40.1 Å². The smallest absolute Gasteiger partial charge is 0.134 e. The monoisotopic (exact) mass is 272 g/mol. The maximum absolute atomic E-state index is 5.90. The average molecular weight is 272 g/mol. The lowest BCUT2D eigenvalue weighted by atomic mass is 10.1. The number of nitrogens with two attached hydrogens (primary N) is 1. The minimum Gasteiger partial charge on any atom is -0.459 e. The molecular formula is C15H16N2OS. The van der Waals surface area contributed by atoms with Gasteiger partial charge in [-0.2, -0.15) is 0 Å². The summed E-state index contributed by atoms with van der Waals surface area (Å²) in [7, 11) is 0. The van der Waals surface area contributed by atoms with Gasteiger partial charge in [-0.25, -0.2) is 5.43 Å². The summed E-state index contributed by atoms with van der Waals surface area (Å²) in [6, 6.07) is 10.3. The van der Waals surface area contributed by atoms with E-state index in [2.05, 4.69) is 48.9 Å². The van der Waals surface area contributed by atoms with Crippen LogP contribution in [0.25, 0.3) is 11.0 Å². The molecule has 0 fully saturated rings. The molecule has 0 saturated carbocycles. The van der Waals surface area contributed by atoms with Gasteiger partial charge in [0.1, 0.15) is 17.4 Å². The van der Waals surface area contributed by atoms with Gasteiger partial charge in [-0.1, -0.05) is 11.6 Å². The highest BCUT2D eigenvalue weighted by Gasteiger charge is 2.18. The van der Waals surface area contributed by atoms with E-state index in [1.54, 1.807) is 11.3 Å². The summed E-state index contributed by atoms with van der Waals surface area (Å²) in [5.41, 5.74) is 6.10. The van der Waals surface area contributed by atoms with E-state index in [0.717, 1.165) is 22.3 Å². The second-order valence-corrected chi connectivity index (χ2v) is 5.90.